The molecule has 136 valence electrons. The fourth-order valence-corrected chi connectivity index (χ4v) is 3.26. The van der Waals surface area contributed by atoms with Crippen LogP contribution in [0.3, 0.4) is 0 Å². The van der Waals surface area contributed by atoms with E-state index in [-0.39, 0.29) is 28.7 Å². The van der Waals surface area contributed by atoms with E-state index in [0.29, 0.717) is 18.1 Å². The normalized spacial score (nSPS) is 18.0. The number of oxazole rings is 1. The van der Waals surface area contributed by atoms with Crippen molar-refractivity contribution in [1.82, 2.24) is 24.3 Å². The summed E-state index contributed by atoms with van der Waals surface area (Å²) in [5, 5.41) is 0. The SMILES string of the molecule is CC(C)(C)c1coc([C@H]2CCCN2C(=O)c2cc3nccn3c(=O)[nH]2)n1. The maximum atomic E-state index is 13.0. The third-order valence-corrected chi connectivity index (χ3v) is 4.72. The van der Waals surface area contributed by atoms with Gasteiger partial charge in [-0.15, -0.1) is 0 Å². The summed E-state index contributed by atoms with van der Waals surface area (Å²) in [6, 6.07) is 1.37. The van der Waals surface area contributed by atoms with Gasteiger partial charge < -0.3 is 14.3 Å². The van der Waals surface area contributed by atoms with Crippen LogP contribution in [0.4, 0.5) is 0 Å². The van der Waals surface area contributed by atoms with Gasteiger partial charge in [-0.1, -0.05) is 20.8 Å². The number of nitrogens with zero attached hydrogens (tertiary/aromatic N) is 4. The maximum absolute atomic E-state index is 13.0. The molecule has 1 saturated heterocycles. The molecule has 0 unspecified atom stereocenters. The van der Waals surface area contributed by atoms with Gasteiger partial charge in [-0.05, 0) is 12.8 Å². The van der Waals surface area contributed by atoms with Crippen molar-refractivity contribution < 1.29 is 9.21 Å². The number of carbonyl (C=O) groups excluding carboxylic acids is 1. The van der Waals surface area contributed by atoms with Crippen molar-refractivity contribution in [2.45, 2.75) is 45.1 Å². The number of likely N-dealkylation sites (tertiary alicyclic amines) is 1. The zero-order valence-corrected chi connectivity index (χ0v) is 15.0. The van der Waals surface area contributed by atoms with Crippen LogP contribution in [0.15, 0.2) is 33.9 Å². The molecule has 8 nitrogen and oxygen atoms in total. The number of rotatable bonds is 2. The Labute approximate surface area is 149 Å². The van der Waals surface area contributed by atoms with Gasteiger partial charge in [0.2, 0.25) is 5.89 Å². The standard InChI is InChI=1S/C18H21N5O3/c1-18(2,3)13-10-26-15(21-13)12-5-4-7-22(12)16(24)11-9-14-19-6-8-23(14)17(25)20-11/h6,8-10,12H,4-5,7H2,1-3H3,(H,20,25)/t12-/m1/s1. The molecule has 0 radical (unpaired) electrons. The number of aromatic nitrogens is 4. The van der Waals surface area contributed by atoms with E-state index in [4.69, 9.17) is 4.42 Å². The summed E-state index contributed by atoms with van der Waals surface area (Å²) >= 11 is 0. The van der Waals surface area contributed by atoms with Crippen LogP contribution in [0, 0.1) is 0 Å². The first-order chi connectivity index (χ1) is 12.3. The Bertz CT molecular complexity index is 1020. The number of hydrogen-bond donors (Lipinski definition) is 1. The Balaban J connectivity index is 1.66. The molecule has 1 fully saturated rings. The lowest BCUT2D eigenvalue weighted by atomic mass is 9.93. The van der Waals surface area contributed by atoms with Crippen LogP contribution in [-0.2, 0) is 5.41 Å². The van der Waals surface area contributed by atoms with Crippen molar-refractivity contribution in [2.24, 2.45) is 0 Å². The van der Waals surface area contributed by atoms with Crippen molar-refractivity contribution in [3.05, 3.63) is 52.5 Å². The third-order valence-electron chi connectivity index (χ3n) is 4.72. The summed E-state index contributed by atoms with van der Waals surface area (Å²) in [6.07, 6.45) is 6.39. The Morgan fingerprint density at radius 2 is 2.19 bits per heavy atom. The average Bonchev–Trinajstić information content (AvgIpc) is 3.31. The number of carbonyl (C=O) groups is 1. The molecular weight excluding hydrogens is 334 g/mol. The van der Waals surface area contributed by atoms with Crippen molar-refractivity contribution in [3.63, 3.8) is 0 Å². The molecule has 1 amide bonds. The molecule has 26 heavy (non-hydrogen) atoms. The van der Waals surface area contributed by atoms with Crippen molar-refractivity contribution >= 4 is 11.6 Å². The van der Waals surface area contributed by atoms with Gasteiger partial charge in [0.25, 0.3) is 5.91 Å². The van der Waals surface area contributed by atoms with Gasteiger partial charge in [0.05, 0.1) is 5.69 Å². The molecule has 0 aliphatic carbocycles. The lowest BCUT2D eigenvalue weighted by molar-refractivity contribution is 0.0709. The first kappa shape index (κ1) is 16.6. The molecular formula is C18H21N5O3. The highest BCUT2D eigenvalue weighted by atomic mass is 16.3. The third kappa shape index (κ3) is 2.71. The molecule has 0 saturated carbocycles. The van der Waals surface area contributed by atoms with Crippen LogP contribution in [0.2, 0.25) is 0 Å². The summed E-state index contributed by atoms with van der Waals surface area (Å²) in [7, 11) is 0. The number of amides is 1. The van der Waals surface area contributed by atoms with Crippen molar-refractivity contribution in [1.29, 1.82) is 0 Å². The molecule has 0 spiro atoms. The smallest absolute Gasteiger partial charge is 0.331 e. The lowest BCUT2D eigenvalue weighted by Crippen LogP contribution is -2.33. The van der Waals surface area contributed by atoms with Gasteiger partial charge in [0.15, 0.2) is 0 Å². The molecule has 0 aromatic carbocycles. The molecule has 3 aromatic heterocycles. The van der Waals surface area contributed by atoms with Crippen LogP contribution in [-0.4, -0.2) is 36.7 Å². The second-order valence-corrected chi connectivity index (χ2v) is 7.62. The summed E-state index contributed by atoms with van der Waals surface area (Å²) in [5.41, 5.74) is 1.03. The number of fused-ring (bicyclic) bond motifs is 1. The summed E-state index contributed by atoms with van der Waals surface area (Å²) in [4.78, 5) is 38.2. The van der Waals surface area contributed by atoms with Gasteiger partial charge in [-0.3, -0.25) is 9.20 Å². The van der Waals surface area contributed by atoms with Crippen LogP contribution >= 0.6 is 0 Å². The minimum absolute atomic E-state index is 0.119. The van der Waals surface area contributed by atoms with E-state index in [2.05, 4.69) is 35.7 Å². The molecule has 8 heteroatoms. The average molecular weight is 355 g/mol. The predicted molar refractivity (Wildman–Crippen MR) is 94.0 cm³/mol. The van der Waals surface area contributed by atoms with Crippen LogP contribution < -0.4 is 5.69 Å². The van der Waals surface area contributed by atoms with E-state index in [1.807, 2.05) is 0 Å². The van der Waals surface area contributed by atoms with Crippen LogP contribution in [0.1, 0.15) is 61.7 Å². The molecule has 0 bridgehead atoms. The van der Waals surface area contributed by atoms with Crippen LogP contribution in [0.5, 0.6) is 0 Å². The summed E-state index contributed by atoms with van der Waals surface area (Å²) < 4.78 is 7.04. The van der Waals surface area contributed by atoms with E-state index in [9.17, 15) is 9.59 Å². The Hall–Kier alpha value is -2.90. The van der Waals surface area contributed by atoms with Gasteiger partial charge in [0, 0.05) is 30.4 Å². The Morgan fingerprint density at radius 3 is 2.92 bits per heavy atom. The molecule has 3 aromatic rings. The minimum Gasteiger partial charge on any atom is -0.446 e. The monoisotopic (exact) mass is 355 g/mol. The van der Waals surface area contributed by atoms with Gasteiger partial charge in [-0.25, -0.2) is 14.8 Å². The molecule has 1 N–H and O–H groups in total. The first-order valence-electron chi connectivity index (χ1n) is 8.68. The van der Waals surface area contributed by atoms with Crippen molar-refractivity contribution in [3.8, 4) is 0 Å². The summed E-state index contributed by atoms with van der Waals surface area (Å²) in [5.74, 6) is 0.301. The van der Waals surface area contributed by atoms with E-state index in [0.717, 1.165) is 18.5 Å². The fraction of sp³-hybridized carbons (Fsp3) is 0.444. The highest BCUT2D eigenvalue weighted by Crippen LogP contribution is 2.34. The fourth-order valence-electron chi connectivity index (χ4n) is 3.26. The largest absolute Gasteiger partial charge is 0.446 e. The highest BCUT2D eigenvalue weighted by Gasteiger charge is 2.35. The molecule has 1 atom stereocenters. The second kappa shape index (κ2) is 5.82. The zero-order chi connectivity index (χ0) is 18.5. The maximum Gasteiger partial charge on any atom is 0.331 e. The quantitative estimate of drug-likeness (QED) is 0.761. The van der Waals surface area contributed by atoms with Gasteiger partial charge in [0.1, 0.15) is 23.6 Å². The highest BCUT2D eigenvalue weighted by molar-refractivity contribution is 5.93. The Morgan fingerprint density at radius 1 is 1.38 bits per heavy atom. The topological polar surface area (TPSA) is 96.5 Å². The molecule has 4 heterocycles. The van der Waals surface area contributed by atoms with Gasteiger partial charge >= 0.3 is 5.69 Å². The Kier molecular flexibility index (Phi) is 3.71. The van der Waals surface area contributed by atoms with Crippen LogP contribution in [0.25, 0.3) is 5.65 Å². The summed E-state index contributed by atoms with van der Waals surface area (Å²) in [6.45, 7) is 6.79. The van der Waals surface area contributed by atoms with E-state index in [1.165, 1.54) is 10.6 Å². The number of hydrogen-bond acceptors (Lipinski definition) is 5. The second-order valence-electron chi connectivity index (χ2n) is 7.62. The molecule has 1 aliphatic rings. The number of imidazole rings is 1. The zero-order valence-electron chi connectivity index (χ0n) is 15.0. The van der Waals surface area contributed by atoms with Crippen molar-refractivity contribution in [2.75, 3.05) is 6.54 Å². The number of nitrogens with one attached hydrogen (secondary N) is 1. The number of aromatic amines is 1. The molecule has 4 rings (SSSR count). The van der Waals surface area contributed by atoms with E-state index < -0.39 is 0 Å². The lowest BCUT2D eigenvalue weighted by Gasteiger charge is -2.22. The van der Waals surface area contributed by atoms with Gasteiger partial charge in [-0.2, -0.15) is 0 Å². The minimum atomic E-state index is -0.384. The van der Waals surface area contributed by atoms with E-state index >= 15 is 0 Å². The molecule has 1 aliphatic heterocycles. The number of H-pyrrole nitrogens is 1. The van der Waals surface area contributed by atoms with E-state index in [1.54, 1.807) is 23.4 Å². The first-order valence-corrected chi connectivity index (χ1v) is 8.68. The predicted octanol–water partition coefficient (Wildman–Crippen LogP) is 2.29.